The number of para-hydroxylation sites is 1. The van der Waals surface area contributed by atoms with E-state index in [4.69, 9.17) is 16.3 Å². The maximum atomic E-state index is 12.8. The quantitative estimate of drug-likeness (QED) is 0.925. The van der Waals surface area contributed by atoms with Crippen LogP contribution in [0.25, 0.3) is 10.9 Å². The van der Waals surface area contributed by atoms with Crippen molar-refractivity contribution in [2.24, 2.45) is 0 Å². The molecule has 4 nitrogen and oxygen atoms in total. The Morgan fingerprint density at radius 1 is 1.32 bits per heavy atom. The van der Waals surface area contributed by atoms with Crippen LogP contribution in [0, 0.1) is 6.92 Å². The van der Waals surface area contributed by atoms with Crippen LogP contribution in [-0.4, -0.2) is 35.2 Å². The zero-order valence-electron chi connectivity index (χ0n) is 13.1. The standard InChI is InChI=1S/C17H21ClN2O2/c1-10-7-20(8-11(2)22-10)9-14-12(3)19-16-13(17(14)21)5-4-6-15(16)18/h4-6,10-11H,7-9H2,1-3H3,(H,19,21). The van der Waals surface area contributed by atoms with Crippen molar-refractivity contribution < 1.29 is 4.74 Å². The predicted octanol–water partition coefficient (Wildman–Crippen LogP) is 3.10. The average molecular weight is 321 g/mol. The number of hydrogen-bond acceptors (Lipinski definition) is 3. The molecule has 1 N–H and O–H groups in total. The summed E-state index contributed by atoms with van der Waals surface area (Å²) < 4.78 is 5.76. The van der Waals surface area contributed by atoms with E-state index in [1.807, 2.05) is 19.1 Å². The Bertz CT molecular complexity index is 746. The highest BCUT2D eigenvalue weighted by Gasteiger charge is 2.23. The van der Waals surface area contributed by atoms with Crippen molar-refractivity contribution >= 4 is 22.5 Å². The number of nitrogens with zero attached hydrogens (tertiary/aromatic N) is 1. The summed E-state index contributed by atoms with van der Waals surface area (Å²) in [5.41, 5.74) is 2.49. The first kappa shape index (κ1) is 15.5. The van der Waals surface area contributed by atoms with Gasteiger partial charge in [0.25, 0.3) is 0 Å². The summed E-state index contributed by atoms with van der Waals surface area (Å²) in [5.74, 6) is 0. The number of fused-ring (bicyclic) bond motifs is 1. The van der Waals surface area contributed by atoms with Crippen LogP contribution in [0.2, 0.25) is 5.02 Å². The normalized spacial score (nSPS) is 23.1. The fourth-order valence-corrected chi connectivity index (χ4v) is 3.49. The lowest BCUT2D eigenvalue weighted by Gasteiger charge is -2.35. The van der Waals surface area contributed by atoms with Gasteiger partial charge in [-0.3, -0.25) is 9.69 Å². The fraction of sp³-hybridized carbons (Fsp3) is 0.471. The monoisotopic (exact) mass is 320 g/mol. The molecule has 118 valence electrons. The SMILES string of the molecule is Cc1[nH]c2c(Cl)cccc2c(=O)c1CN1CC(C)OC(C)C1. The Morgan fingerprint density at radius 2 is 2.00 bits per heavy atom. The largest absolute Gasteiger partial charge is 0.373 e. The number of aromatic amines is 1. The first-order valence-corrected chi connectivity index (χ1v) is 8.01. The van der Waals surface area contributed by atoms with Crippen LogP contribution in [-0.2, 0) is 11.3 Å². The van der Waals surface area contributed by atoms with E-state index < -0.39 is 0 Å². The molecular weight excluding hydrogens is 300 g/mol. The Balaban J connectivity index is 1.99. The first-order chi connectivity index (χ1) is 10.5. The lowest BCUT2D eigenvalue weighted by atomic mass is 10.1. The molecule has 1 fully saturated rings. The molecule has 1 aliphatic heterocycles. The Hall–Kier alpha value is -1.36. The molecule has 0 radical (unpaired) electrons. The molecule has 1 saturated heterocycles. The smallest absolute Gasteiger partial charge is 0.194 e. The van der Waals surface area contributed by atoms with Crippen molar-refractivity contribution in [2.45, 2.75) is 39.5 Å². The van der Waals surface area contributed by atoms with Gasteiger partial charge in [0, 0.05) is 36.3 Å². The van der Waals surface area contributed by atoms with E-state index in [2.05, 4.69) is 23.7 Å². The van der Waals surface area contributed by atoms with Gasteiger partial charge >= 0.3 is 0 Å². The molecule has 0 aliphatic carbocycles. The highest BCUT2D eigenvalue weighted by molar-refractivity contribution is 6.35. The number of pyridine rings is 1. The number of aryl methyl sites for hydroxylation is 1. The van der Waals surface area contributed by atoms with E-state index in [9.17, 15) is 4.79 Å². The molecule has 2 aromatic rings. The molecule has 0 spiro atoms. The number of aromatic nitrogens is 1. The van der Waals surface area contributed by atoms with E-state index in [0.717, 1.165) is 29.9 Å². The zero-order chi connectivity index (χ0) is 15.9. The van der Waals surface area contributed by atoms with Crippen molar-refractivity contribution in [3.8, 4) is 0 Å². The number of benzene rings is 1. The minimum Gasteiger partial charge on any atom is -0.373 e. The Kier molecular flexibility index (Phi) is 4.26. The molecule has 0 amide bonds. The highest BCUT2D eigenvalue weighted by Crippen LogP contribution is 2.21. The Labute approximate surface area is 135 Å². The van der Waals surface area contributed by atoms with Crippen LogP contribution < -0.4 is 5.43 Å². The zero-order valence-corrected chi connectivity index (χ0v) is 13.9. The van der Waals surface area contributed by atoms with E-state index in [-0.39, 0.29) is 17.6 Å². The van der Waals surface area contributed by atoms with Gasteiger partial charge in [-0.2, -0.15) is 0 Å². The fourth-order valence-electron chi connectivity index (χ4n) is 3.26. The molecule has 22 heavy (non-hydrogen) atoms. The number of nitrogens with one attached hydrogen (secondary N) is 1. The number of hydrogen-bond donors (Lipinski definition) is 1. The lowest BCUT2D eigenvalue weighted by Crippen LogP contribution is -2.45. The molecule has 2 unspecified atom stereocenters. The molecule has 1 aromatic heterocycles. The topological polar surface area (TPSA) is 45.3 Å². The highest BCUT2D eigenvalue weighted by atomic mass is 35.5. The van der Waals surface area contributed by atoms with Gasteiger partial charge in [0.15, 0.2) is 5.43 Å². The van der Waals surface area contributed by atoms with Gasteiger partial charge in [-0.05, 0) is 32.9 Å². The van der Waals surface area contributed by atoms with Gasteiger partial charge in [-0.25, -0.2) is 0 Å². The number of halogens is 1. The third-order valence-electron chi connectivity index (χ3n) is 4.17. The van der Waals surface area contributed by atoms with Crippen LogP contribution >= 0.6 is 11.6 Å². The summed E-state index contributed by atoms with van der Waals surface area (Å²) >= 11 is 6.19. The maximum Gasteiger partial charge on any atom is 0.194 e. The third-order valence-corrected chi connectivity index (χ3v) is 4.49. The molecule has 1 aromatic carbocycles. The van der Waals surface area contributed by atoms with E-state index in [0.29, 0.717) is 17.0 Å². The summed E-state index contributed by atoms with van der Waals surface area (Å²) in [6.45, 7) is 8.40. The number of H-pyrrole nitrogens is 1. The van der Waals surface area contributed by atoms with Crippen LogP contribution in [0.4, 0.5) is 0 Å². The van der Waals surface area contributed by atoms with Gasteiger partial charge < -0.3 is 9.72 Å². The lowest BCUT2D eigenvalue weighted by molar-refractivity contribution is -0.0706. The molecule has 5 heteroatoms. The van der Waals surface area contributed by atoms with Gasteiger partial charge in [-0.15, -0.1) is 0 Å². The molecule has 0 bridgehead atoms. The Morgan fingerprint density at radius 3 is 2.68 bits per heavy atom. The molecule has 0 saturated carbocycles. The predicted molar refractivity (Wildman–Crippen MR) is 89.6 cm³/mol. The average Bonchev–Trinajstić information content (AvgIpc) is 2.44. The van der Waals surface area contributed by atoms with Crippen molar-refractivity contribution in [3.63, 3.8) is 0 Å². The van der Waals surface area contributed by atoms with E-state index in [1.165, 1.54) is 0 Å². The third kappa shape index (κ3) is 2.91. The molecule has 2 heterocycles. The first-order valence-electron chi connectivity index (χ1n) is 7.63. The van der Waals surface area contributed by atoms with Crippen molar-refractivity contribution in [3.05, 3.63) is 44.7 Å². The van der Waals surface area contributed by atoms with Gasteiger partial charge in [0.05, 0.1) is 22.7 Å². The summed E-state index contributed by atoms with van der Waals surface area (Å²) in [5, 5.41) is 1.24. The molecule has 2 atom stereocenters. The second-order valence-electron chi connectivity index (χ2n) is 6.17. The van der Waals surface area contributed by atoms with Crippen LogP contribution in [0.15, 0.2) is 23.0 Å². The van der Waals surface area contributed by atoms with Gasteiger partial charge in [0.1, 0.15) is 0 Å². The second-order valence-corrected chi connectivity index (χ2v) is 6.58. The van der Waals surface area contributed by atoms with Crippen molar-refractivity contribution in [1.82, 2.24) is 9.88 Å². The molecule has 3 rings (SSSR count). The van der Waals surface area contributed by atoms with Crippen LogP contribution in [0.1, 0.15) is 25.1 Å². The van der Waals surface area contributed by atoms with Crippen LogP contribution in [0.5, 0.6) is 0 Å². The minimum absolute atomic E-state index is 0.0700. The summed E-state index contributed by atoms with van der Waals surface area (Å²) in [7, 11) is 0. The van der Waals surface area contributed by atoms with E-state index in [1.54, 1.807) is 6.07 Å². The number of rotatable bonds is 2. The van der Waals surface area contributed by atoms with Gasteiger partial charge in [0.2, 0.25) is 0 Å². The molecule has 1 aliphatic rings. The summed E-state index contributed by atoms with van der Waals surface area (Å²) in [4.78, 5) is 18.4. The minimum atomic E-state index is 0.0700. The summed E-state index contributed by atoms with van der Waals surface area (Å²) in [6.07, 6.45) is 0.385. The summed E-state index contributed by atoms with van der Waals surface area (Å²) in [6, 6.07) is 5.44. The van der Waals surface area contributed by atoms with Gasteiger partial charge in [-0.1, -0.05) is 17.7 Å². The second kappa shape index (κ2) is 6.03. The molecular formula is C17H21ClN2O2. The van der Waals surface area contributed by atoms with Crippen molar-refractivity contribution in [2.75, 3.05) is 13.1 Å². The van der Waals surface area contributed by atoms with Crippen molar-refractivity contribution in [1.29, 1.82) is 0 Å². The number of morpholine rings is 1. The maximum absolute atomic E-state index is 12.8. The van der Waals surface area contributed by atoms with E-state index >= 15 is 0 Å². The van der Waals surface area contributed by atoms with Crippen LogP contribution in [0.3, 0.4) is 0 Å². The number of ether oxygens (including phenoxy) is 1.